The van der Waals surface area contributed by atoms with Gasteiger partial charge in [-0.25, -0.2) is 4.98 Å². The summed E-state index contributed by atoms with van der Waals surface area (Å²) in [7, 11) is 0. The summed E-state index contributed by atoms with van der Waals surface area (Å²) in [5.41, 5.74) is 7.97. The number of benzene rings is 1. The number of aromatic nitrogens is 1. The first-order valence-corrected chi connectivity index (χ1v) is 5.91. The number of rotatable bonds is 2. The molecule has 0 radical (unpaired) electrons. The summed E-state index contributed by atoms with van der Waals surface area (Å²) in [6.07, 6.45) is 1.60. The van der Waals surface area contributed by atoms with Crippen LogP contribution in [0.5, 0.6) is 0 Å². The maximum absolute atomic E-state index is 8.89. The second-order valence-corrected chi connectivity index (χ2v) is 4.67. The number of hydrogen-bond acceptors (Lipinski definition) is 4. The van der Waals surface area contributed by atoms with Gasteiger partial charge in [-0.15, -0.1) is 0 Å². The molecule has 0 unspecified atom stereocenters. The molecule has 0 fully saturated rings. The van der Waals surface area contributed by atoms with E-state index in [9.17, 15) is 0 Å². The molecule has 1 aromatic carbocycles. The molecule has 4 heteroatoms. The predicted octanol–water partition coefficient (Wildman–Crippen LogP) is 3.00. The summed E-state index contributed by atoms with van der Waals surface area (Å²) in [6, 6.07) is 11.8. The van der Waals surface area contributed by atoms with Crippen LogP contribution in [0.15, 0.2) is 46.5 Å². The summed E-state index contributed by atoms with van der Waals surface area (Å²) in [5, 5.41) is 9.56. The summed E-state index contributed by atoms with van der Waals surface area (Å²) < 4.78 is 0. The fraction of sp³-hybridized carbons (Fsp3) is 0.0769. The second-order valence-electron chi connectivity index (χ2n) is 3.61. The number of nitriles is 1. The van der Waals surface area contributed by atoms with E-state index in [-0.39, 0.29) is 0 Å². The lowest BCUT2D eigenvalue weighted by atomic mass is 10.2. The quantitative estimate of drug-likeness (QED) is 0.878. The fourth-order valence-electron chi connectivity index (χ4n) is 1.42. The van der Waals surface area contributed by atoms with Gasteiger partial charge in [0, 0.05) is 11.1 Å². The third kappa shape index (κ3) is 2.58. The Labute approximate surface area is 104 Å². The van der Waals surface area contributed by atoms with Gasteiger partial charge in [0.2, 0.25) is 0 Å². The summed E-state index contributed by atoms with van der Waals surface area (Å²) in [4.78, 5) is 5.27. The average Bonchev–Trinajstić information content (AvgIpc) is 2.32. The summed E-state index contributed by atoms with van der Waals surface area (Å²) >= 11 is 1.47. The van der Waals surface area contributed by atoms with E-state index in [0.29, 0.717) is 16.3 Å². The van der Waals surface area contributed by atoms with Crippen molar-refractivity contribution in [3.63, 3.8) is 0 Å². The number of nitrogen functional groups attached to an aromatic ring is 1. The number of nitrogens with two attached hydrogens (primary N) is 1. The molecule has 0 amide bonds. The molecule has 0 aliphatic rings. The first-order chi connectivity index (χ1) is 8.20. The van der Waals surface area contributed by atoms with Crippen molar-refractivity contribution in [3.8, 4) is 6.07 Å². The standard InChI is InChI=1S/C13H11N3S/c1-9-3-2-4-11(7-9)17-13-12(15)10(8-14)5-6-16-13/h2-7H,15H2,1H3. The molecule has 0 bridgehead atoms. The van der Waals surface area contributed by atoms with Crippen molar-refractivity contribution in [1.82, 2.24) is 4.98 Å². The Bertz CT molecular complexity index is 587. The summed E-state index contributed by atoms with van der Waals surface area (Å²) in [6.45, 7) is 2.03. The van der Waals surface area contributed by atoms with Crippen molar-refractivity contribution >= 4 is 17.4 Å². The number of nitrogens with zero attached hydrogens (tertiary/aromatic N) is 2. The van der Waals surface area contributed by atoms with E-state index in [4.69, 9.17) is 11.0 Å². The van der Waals surface area contributed by atoms with Gasteiger partial charge in [0.05, 0.1) is 11.3 Å². The first kappa shape index (κ1) is 11.5. The van der Waals surface area contributed by atoms with E-state index in [0.717, 1.165) is 4.90 Å². The van der Waals surface area contributed by atoms with Crippen LogP contribution in [0.2, 0.25) is 0 Å². The van der Waals surface area contributed by atoms with Gasteiger partial charge < -0.3 is 5.73 Å². The number of pyridine rings is 1. The maximum Gasteiger partial charge on any atom is 0.125 e. The predicted molar refractivity (Wildman–Crippen MR) is 68.7 cm³/mol. The molecule has 0 atom stereocenters. The highest BCUT2D eigenvalue weighted by atomic mass is 32.2. The van der Waals surface area contributed by atoms with Crippen LogP contribution in [-0.2, 0) is 0 Å². The van der Waals surface area contributed by atoms with Crippen LogP contribution in [0, 0.1) is 18.3 Å². The van der Waals surface area contributed by atoms with Gasteiger partial charge in [0.25, 0.3) is 0 Å². The zero-order valence-electron chi connectivity index (χ0n) is 9.34. The molecule has 1 heterocycles. The Morgan fingerprint density at radius 3 is 2.88 bits per heavy atom. The van der Waals surface area contributed by atoms with E-state index < -0.39 is 0 Å². The number of anilines is 1. The lowest BCUT2D eigenvalue weighted by molar-refractivity contribution is 1.13. The highest BCUT2D eigenvalue weighted by Gasteiger charge is 2.07. The topological polar surface area (TPSA) is 62.7 Å². The van der Waals surface area contributed by atoms with Crippen LogP contribution in [0.3, 0.4) is 0 Å². The van der Waals surface area contributed by atoms with E-state index in [1.807, 2.05) is 25.1 Å². The minimum atomic E-state index is 0.446. The van der Waals surface area contributed by atoms with Crippen LogP contribution in [0.1, 0.15) is 11.1 Å². The Morgan fingerprint density at radius 2 is 2.18 bits per heavy atom. The van der Waals surface area contributed by atoms with E-state index in [2.05, 4.69) is 17.1 Å². The third-order valence-corrected chi connectivity index (χ3v) is 3.29. The molecule has 0 spiro atoms. The molecule has 1 aromatic heterocycles. The van der Waals surface area contributed by atoms with Gasteiger partial charge in [-0.3, -0.25) is 0 Å². The molecule has 2 N–H and O–H groups in total. The summed E-state index contributed by atoms with van der Waals surface area (Å²) in [5.74, 6) is 0. The van der Waals surface area contributed by atoms with Gasteiger partial charge in [0.15, 0.2) is 0 Å². The van der Waals surface area contributed by atoms with Crippen LogP contribution in [-0.4, -0.2) is 4.98 Å². The molecule has 2 aromatic rings. The van der Waals surface area contributed by atoms with Crippen molar-refractivity contribution in [2.24, 2.45) is 0 Å². The third-order valence-electron chi connectivity index (χ3n) is 2.28. The van der Waals surface area contributed by atoms with Crippen molar-refractivity contribution in [2.45, 2.75) is 16.8 Å². The van der Waals surface area contributed by atoms with Crippen molar-refractivity contribution < 1.29 is 0 Å². The average molecular weight is 241 g/mol. The number of hydrogen-bond donors (Lipinski definition) is 1. The molecule has 0 saturated heterocycles. The molecular formula is C13H11N3S. The highest BCUT2D eigenvalue weighted by molar-refractivity contribution is 7.99. The Morgan fingerprint density at radius 1 is 1.35 bits per heavy atom. The molecule has 0 aliphatic carbocycles. The van der Waals surface area contributed by atoms with Gasteiger partial charge in [0.1, 0.15) is 11.1 Å². The lowest BCUT2D eigenvalue weighted by Gasteiger charge is -2.05. The monoisotopic (exact) mass is 241 g/mol. The molecule has 3 nitrogen and oxygen atoms in total. The largest absolute Gasteiger partial charge is 0.395 e. The molecule has 84 valence electrons. The van der Waals surface area contributed by atoms with Crippen molar-refractivity contribution in [3.05, 3.63) is 47.7 Å². The van der Waals surface area contributed by atoms with Gasteiger partial charge in [-0.2, -0.15) is 5.26 Å². The molecule has 17 heavy (non-hydrogen) atoms. The van der Waals surface area contributed by atoms with Gasteiger partial charge >= 0.3 is 0 Å². The minimum absolute atomic E-state index is 0.446. The Hall–Kier alpha value is -1.99. The molecule has 0 aliphatic heterocycles. The zero-order valence-corrected chi connectivity index (χ0v) is 10.2. The lowest BCUT2D eigenvalue weighted by Crippen LogP contribution is -1.95. The minimum Gasteiger partial charge on any atom is -0.395 e. The van der Waals surface area contributed by atoms with Gasteiger partial charge in [-0.05, 0) is 25.1 Å². The maximum atomic E-state index is 8.89. The fourth-order valence-corrected chi connectivity index (χ4v) is 2.37. The zero-order chi connectivity index (χ0) is 12.3. The Kier molecular flexibility index (Phi) is 3.31. The van der Waals surface area contributed by atoms with Crippen molar-refractivity contribution in [2.75, 3.05) is 5.73 Å². The van der Waals surface area contributed by atoms with Crippen LogP contribution >= 0.6 is 11.8 Å². The second kappa shape index (κ2) is 4.89. The van der Waals surface area contributed by atoms with Crippen LogP contribution in [0.4, 0.5) is 5.69 Å². The van der Waals surface area contributed by atoms with E-state index in [1.165, 1.54) is 17.3 Å². The van der Waals surface area contributed by atoms with Crippen LogP contribution < -0.4 is 5.73 Å². The SMILES string of the molecule is Cc1cccc(Sc2nccc(C#N)c2N)c1. The highest BCUT2D eigenvalue weighted by Crippen LogP contribution is 2.31. The van der Waals surface area contributed by atoms with Gasteiger partial charge in [-0.1, -0.05) is 29.5 Å². The molecule has 0 saturated carbocycles. The van der Waals surface area contributed by atoms with E-state index in [1.54, 1.807) is 12.3 Å². The molecule has 2 rings (SSSR count). The van der Waals surface area contributed by atoms with E-state index >= 15 is 0 Å². The first-order valence-electron chi connectivity index (χ1n) is 5.10. The number of aryl methyl sites for hydroxylation is 1. The Balaban J connectivity index is 2.34. The molecular weight excluding hydrogens is 230 g/mol. The smallest absolute Gasteiger partial charge is 0.125 e. The van der Waals surface area contributed by atoms with Crippen LogP contribution in [0.25, 0.3) is 0 Å². The van der Waals surface area contributed by atoms with Crippen molar-refractivity contribution in [1.29, 1.82) is 5.26 Å². The normalized spacial score (nSPS) is 9.88.